The van der Waals surface area contributed by atoms with Crippen molar-refractivity contribution in [1.82, 2.24) is 5.32 Å². The van der Waals surface area contributed by atoms with Crippen LogP contribution in [0.3, 0.4) is 0 Å². The van der Waals surface area contributed by atoms with Crippen molar-refractivity contribution < 1.29 is 27.9 Å². The van der Waals surface area contributed by atoms with Gasteiger partial charge < -0.3 is 15.8 Å². The SMILES string of the molecule is CC(C)(C)C[C@@H]1N[C@H](OC(=O)Nc2ccc(C(N)=O)cc2)[C@H](c2cccc(Cl)c2F)[C@]12C(=O)Nc1cc(Cl)c(F)cc12. The van der Waals surface area contributed by atoms with E-state index in [9.17, 15) is 18.8 Å². The first-order valence-corrected chi connectivity index (χ1v) is 13.9. The Morgan fingerprint density at radius 3 is 2.40 bits per heavy atom. The summed E-state index contributed by atoms with van der Waals surface area (Å²) in [6.45, 7) is 5.89. The number of benzene rings is 3. The van der Waals surface area contributed by atoms with Gasteiger partial charge in [-0.3, -0.25) is 20.2 Å². The second-order valence-corrected chi connectivity index (χ2v) is 12.4. The smallest absolute Gasteiger partial charge is 0.413 e. The van der Waals surface area contributed by atoms with Gasteiger partial charge >= 0.3 is 6.09 Å². The third-order valence-electron chi connectivity index (χ3n) is 7.62. The number of rotatable bonds is 5. The van der Waals surface area contributed by atoms with E-state index in [4.69, 9.17) is 33.7 Å². The van der Waals surface area contributed by atoms with Crippen LogP contribution in [0.15, 0.2) is 54.6 Å². The molecule has 1 spiro atoms. The Kier molecular flexibility index (Phi) is 7.67. The van der Waals surface area contributed by atoms with Crippen LogP contribution in [0.4, 0.5) is 25.0 Å². The number of hydrogen-bond donors (Lipinski definition) is 4. The van der Waals surface area contributed by atoms with Crippen LogP contribution in [0.5, 0.6) is 0 Å². The van der Waals surface area contributed by atoms with E-state index >= 15 is 4.39 Å². The van der Waals surface area contributed by atoms with Crippen LogP contribution in [0.2, 0.25) is 10.0 Å². The molecule has 0 radical (unpaired) electrons. The minimum Gasteiger partial charge on any atom is -0.429 e. The van der Waals surface area contributed by atoms with Gasteiger partial charge in [-0.05, 0) is 65.4 Å². The molecule has 2 aliphatic heterocycles. The summed E-state index contributed by atoms with van der Waals surface area (Å²) in [5.74, 6) is -3.89. The van der Waals surface area contributed by atoms with Gasteiger partial charge in [-0.25, -0.2) is 13.6 Å². The molecular weight excluding hydrogens is 589 g/mol. The van der Waals surface area contributed by atoms with E-state index in [1.54, 1.807) is 0 Å². The quantitative estimate of drug-likeness (QED) is 0.267. The second kappa shape index (κ2) is 10.8. The molecule has 3 amide bonds. The fraction of sp³-hybridized carbons (Fsp3) is 0.300. The molecule has 3 aromatic rings. The monoisotopic (exact) mass is 616 g/mol. The van der Waals surface area contributed by atoms with E-state index in [1.807, 2.05) is 20.8 Å². The molecule has 0 saturated carbocycles. The van der Waals surface area contributed by atoms with Crippen LogP contribution in [0, 0.1) is 17.0 Å². The zero-order chi connectivity index (χ0) is 30.6. The molecule has 0 bridgehead atoms. The van der Waals surface area contributed by atoms with Crippen LogP contribution < -0.4 is 21.7 Å². The minimum atomic E-state index is -1.62. The highest BCUT2D eigenvalue weighted by atomic mass is 35.5. The molecule has 4 atom stereocenters. The molecule has 3 aromatic carbocycles. The van der Waals surface area contributed by atoms with Gasteiger partial charge in [-0.2, -0.15) is 0 Å². The van der Waals surface area contributed by atoms with Crippen molar-refractivity contribution >= 4 is 52.5 Å². The Morgan fingerprint density at radius 1 is 1.07 bits per heavy atom. The van der Waals surface area contributed by atoms with Crippen LogP contribution in [0.1, 0.15) is 54.6 Å². The third kappa shape index (κ3) is 5.19. The number of halogens is 4. The van der Waals surface area contributed by atoms with E-state index in [1.165, 1.54) is 54.6 Å². The topological polar surface area (TPSA) is 123 Å². The number of hydrogen-bond acceptors (Lipinski definition) is 5. The summed E-state index contributed by atoms with van der Waals surface area (Å²) in [6, 6.07) is 11.9. The maximum absolute atomic E-state index is 15.8. The average molecular weight is 617 g/mol. The van der Waals surface area contributed by atoms with Crippen LogP contribution >= 0.6 is 23.2 Å². The lowest BCUT2D eigenvalue weighted by molar-refractivity contribution is -0.122. The number of nitrogens with one attached hydrogen (secondary N) is 3. The molecule has 2 heterocycles. The van der Waals surface area contributed by atoms with Crippen LogP contribution in [-0.4, -0.2) is 30.2 Å². The number of primary amides is 1. The molecule has 0 aromatic heterocycles. The second-order valence-electron chi connectivity index (χ2n) is 11.6. The number of amides is 3. The largest absolute Gasteiger partial charge is 0.429 e. The fourth-order valence-electron chi connectivity index (χ4n) is 5.96. The zero-order valence-electron chi connectivity index (χ0n) is 22.9. The Labute approximate surface area is 250 Å². The maximum atomic E-state index is 15.8. The van der Waals surface area contributed by atoms with Crippen molar-refractivity contribution in [1.29, 1.82) is 0 Å². The first-order chi connectivity index (χ1) is 19.7. The zero-order valence-corrected chi connectivity index (χ0v) is 24.4. The molecule has 5 N–H and O–H groups in total. The molecule has 0 unspecified atom stereocenters. The maximum Gasteiger partial charge on any atom is 0.413 e. The summed E-state index contributed by atoms with van der Waals surface area (Å²) in [7, 11) is 0. The molecule has 0 aliphatic carbocycles. The van der Waals surface area contributed by atoms with E-state index in [2.05, 4.69) is 16.0 Å². The number of ether oxygens (including phenoxy) is 1. The molecular formula is C30H28Cl2F2N4O4. The molecule has 5 rings (SSSR count). The molecule has 1 fully saturated rings. The van der Waals surface area contributed by atoms with Crippen molar-refractivity contribution in [3.8, 4) is 0 Å². The Bertz CT molecular complexity index is 1600. The van der Waals surface area contributed by atoms with Gasteiger partial charge in [-0.1, -0.05) is 56.1 Å². The molecule has 220 valence electrons. The minimum absolute atomic E-state index is 0.00776. The normalized spacial score (nSPS) is 23.0. The van der Waals surface area contributed by atoms with Gasteiger partial charge in [0.25, 0.3) is 0 Å². The number of carbonyl (C=O) groups is 3. The molecule has 12 heteroatoms. The van der Waals surface area contributed by atoms with E-state index < -0.39 is 53.1 Å². The van der Waals surface area contributed by atoms with Crippen molar-refractivity contribution in [2.45, 2.75) is 50.8 Å². The Hall–Kier alpha value is -3.73. The Balaban J connectivity index is 1.63. The fourth-order valence-corrected chi connectivity index (χ4v) is 6.31. The summed E-state index contributed by atoms with van der Waals surface area (Å²) in [6.07, 6.45) is -1.82. The van der Waals surface area contributed by atoms with Gasteiger partial charge in [0, 0.05) is 23.0 Å². The van der Waals surface area contributed by atoms with Gasteiger partial charge in [0.1, 0.15) is 17.0 Å². The number of fused-ring (bicyclic) bond motifs is 2. The predicted molar refractivity (Wildman–Crippen MR) is 156 cm³/mol. The van der Waals surface area contributed by atoms with Gasteiger partial charge in [0.2, 0.25) is 11.8 Å². The summed E-state index contributed by atoms with van der Waals surface area (Å²) in [4.78, 5) is 38.7. The van der Waals surface area contributed by atoms with Gasteiger partial charge in [-0.15, -0.1) is 0 Å². The molecule has 2 aliphatic rings. The standard InChI is InChI=1S/C30H28Cl2F2N4O4/c1-29(2,3)13-22-30(17-11-20(33)19(32)12-21(17)37-27(30)40)23(16-5-4-6-18(31)24(16)34)26(38-22)42-28(41)36-15-9-7-14(8-10-15)25(35)39/h4-12,22-23,26,38H,13H2,1-3H3,(H2,35,39)(H,36,41)(H,37,40)/t22-,23-,26+,30+/m0/s1. The average Bonchev–Trinajstić information content (AvgIpc) is 3.34. The summed E-state index contributed by atoms with van der Waals surface area (Å²) in [5, 5.41) is 8.23. The molecule has 42 heavy (non-hydrogen) atoms. The first kappa shape index (κ1) is 29.8. The van der Waals surface area contributed by atoms with Gasteiger partial charge in [0.15, 0.2) is 6.23 Å². The van der Waals surface area contributed by atoms with Crippen LogP contribution in [0.25, 0.3) is 0 Å². The predicted octanol–water partition coefficient (Wildman–Crippen LogP) is 6.33. The highest BCUT2D eigenvalue weighted by molar-refractivity contribution is 6.31. The number of carbonyl (C=O) groups excluding carboxylic acids is 3. The highest BCUT2D eigenvalue weighted by Gasteiger charge is 2.66. The summed E-state index contributed by atoms with van der Waals surface area (Å²) < 4.78 is 36.6. The number of nitrogens with two attached hydrogens (primary N) is 1. The van der Waals surface area contributed by atoms with Crippen molar-refractivity contribution in [2.75, 3.05) is 10.6 Å². The van der Waals surface area contributed by atoms with Gasteiger partial charge in [0.05, 0.1) is 16.0 Å². The summed E-state index contributed by atoms with van der Waals surface area (Å²) >= 11 is 12.2. The Morgan fingerprint density at radius 2 is 1.76 bits per heavy atom. The van der Waals surface area contributed by atoms with Crippen LogP contribution in [-0.2, 0) is 14.9 Å². The lowest BCUT2D eigenvalue weighted by Gasteiger charge is -2.37. The van der Waals surface area contributed by atoms with E-state index in [0.29, 0.717) is 12.1 Å². The van der Waals surface area contributed by atoms with E-state index in [0.717, 1.165) is 0 Å². The molecule has 1 saturated heterocycles. The third-order valence-corrected chi connectivity index (χ3v) is 8.20. The lowest BCUT2D eigenvalue weighted by atomic mass is 9.63. The lowest BCUT2D eigenvalue weighted by Crippen LogP contribution is -2.49. The van der Waals surface area contributed by atoms with Crippen molar-refractivity contribution in [3.63, 3.8) is 0 Å². The number of anilines is 2. The van der Waals surface area contributed by atoms with Crippen molar-refractivity contribution in [2.24, 2.45) is 11.1 Å². The first-order valence-electron chi connectivity index (χ1n) is 13.1. The van der Waals surface area contributed by atoms with Crippen molar-refractivity contribution in [3.05, 3.63) is 93.0 Å². The summed E-state index contributed by atoms with van der Waals surface area (Å²) in [5.41, 5.74) is 4.39. The molecule has 8 nitrogen and oxygen atoms in total. The van der Waals surface area contributed by atoms with E-state index in [-0.39, 0.29) is 37.8 Å². The highest BCUT2D eigenvalue weighted by Crippen LogP contribution is 2.57.